The molecule has 2 aromatic rings. The molecule has 1 aliphatic carbocycles. The highest BCUT2D eigenvalue weighted by atomic mass is 35.5. The Morgan fingerprint density at radius 3 is 2.67 bits per heavy atom. The van der Waals surface area contributed by atoms with Gasteiger partial charge in [0.2, 0.25) is 0 Å². The largest absolute Gasteiger partial charge is 0.241 e. The Bertz CT molecular complexity index is 495. The molecule has 96 valence electrons. The van der Waals surface area contributed by atoms with Gasteiger partial charge in [-0.3, -0.25) is 0 Å². The van der Waals surface area contributed by atoms with Crippen LogP contribution in [0.5, 0.6) is 0 Å². The fourth-order valence-electron chi connectivity index (χ4n) is 2.98. The van der Waals surface area contributed by atoms with E-state index in [9.17, 15) is 0 Å². The maximum Gasteiger partial charge on any atom is 0.0944 e. The summed E-state index contributed by atoms with van der Waals surface area (Å²) in [6.45, 7) is 0. The number of benzene rings is 1. The van der Waals surface area contributed by atoms with Crippen LogP contribution in [0.15, 0.2) is 24.3 Å². The molecule has 0 bridgehead atoms. The molecule has 1 aromatic carbocycles. The molecule has 0 N–H and O–H groups in total. The topological polar surface area (TPSA) is 12.9 Å². The zero-order chi connectivity index (χ0) is 12.4. The maximum atomic E-state index is 6.26. The lowest BCUT2D eigenvalue weighted by Gasteiger charge is -2.34. The number of halogens is 1. The Kier molecular flexibility index (Phi) is 3.58. The first kappa shape index (κ1) is 12.4. The van der Waals surface area contributed by atoms with Crippen LogP contribution in [0.25, 0.3) is 10.2 Å². The van der Waals surface area contributed by atoms with Gasteiger partial charge in [0.05, 0.1) is 15.2 Å². The minimum atomic E-state index is 0.313. The number of alkyl halides is 1. The number of hydrogen-bond donors (Lipinski definition) is 0. The Hall–Kier alpha value is -0.600. The van der Waals surface area contributed by atoms with Gasteiger partial charge in [-0.15, -0.1) is 22.9 Å². The molecule has 1 aliphatic rings. The molecule has 0 spiro atoms. The van der Waals surface area contributed by atoms with Gasteiger partial charge in [-0.25, -0.2) is 4.98 Å². The van der Waals surface area contributed by atoms with Crippen molar-refractivity contribution in [3.63, 3.8) is 0 Å². The van der Waals surface area contributed by atoms with E-state index in [4.69, 9.17) is 16.6 Å². The second-order valence-electron chi connectivity index (χ2n) is 5.45. The van der Waals surface area contributed by atoms with Gasteiger partial charge in [-0.2, -0.15) is 0 Å². The van der Waals surface area contributed by atoms with E-state index in [0.717, 1.165) is 17.8 Å². The molecule has 3 rings (SSSR count). The first-order valence-electron chi connectivity index (χ1n) is 6.72. The van der Waals surface area contributed by atoms with E-state index in [1.54, 1.807) is 0 Å². The van der Waals surface area contributed by atoms with Crippen molar-refractivity contribution >= 4 is 33.2 Å². The van der Waals surface area contributed by atoms with Crippen LogP contribution >= 0.6 is 22.9 Å². The van der Waals surface area contributed by atoms with E-state index in [-0.39, 0.29) is 0 Å². The van der Waals surface area contributed by atoms with Crippen molar-refractivity contribution in [2.45, 2.75) is 38.5 Å². The summed E-state index contributed by atoms with van der Waals surface area (Å²) in [6, 6.07) is 8.40. The summed E-state index contributed by atoms with van der Waals surface area (Å²) >= 11 is 8.10. The quantitative estimate of drug-likeness (QED) is 0.718. The average Bonchev–Trinajstić information content (AvgIpc) is 2.81. The van der Waals surface area contributed by atoms with Gasteiger partial charge in [0.15, 0.2) is 0 Å². The van der Waals surface area contributed by atoms with Gasteiger partial charge in [-0.05, 0) is 30.4 Å². The van der Waals surface area contributed by atoms with Crippen LogP contribution in [0.1, 0.15) is 37.1 Å². The van der Waals surface area contributed by atoms with Crippen LogP contribution in [0.3, 0.4) is 0 Å². The van der Waals surface area contributed by atoms with Crippen LogP contribution < -0.4 is 0 Å². The Labute approximate surface area is 117 Å². The number of fused-ring (bicyclic) bond motifs is 1. The van der Waals surface area contributed by atoms with Crippen molar-refractivity contribution in [2.24, 2.45) is 5.41 Å². The standard InChI is InChI=1S/C15H18ClNS/c16-11-15(8-4-1-5-9-15)10-14-17-12-6-2-3-7-13(12)18-14/h2-3,6-7H,1,4-5,8-11H2. The third-order valence-corrected chi connectivity index (χ3v) is 5.67. The lowest BCUT2D eigenvalue weighted by molar-refractivity contribution is 0.219. The molecule has 0 unspecified atom stereocenters. The molecule has 3 heteroatoms. The highest BCUT2D eigenvalue weighted by Crippen LogP contribution is 2.41. The molecule has 0 radical (unpaired) electrons. The van der Waals surface area contributed by atoms with Gasteiger partial charge in [0, 0.05) is 12.3 Å². The number of hydrogen-bond acceptors (Lipinski definition) is 2. The Morgan fingerprint density at radius 1 is 1.17 bits per heavy atom. The van der Waals surface area contributed by atoms with Crippen LogP contribution in [0.2, 0.25) is 0 Å². The molecule has 18 heavy (non-hydrogen) atoms. The lowest BCUT2D eigenvalue weighted by atomic mass is 9.73. The summed E-state index contributed by atoms with van der Waals surface area (Å²) < 4.78 is 1.30. The Balaban J connectivity index is 1.85. The van der Waals surface area contributed by atoms with Crippen molar-refractivity contribution in [2.75, 3.05) is 5.88 Å². The monoisotopic (exact) mass is 279 g/mol. The maximum absolute atomic E-state index is 6.26. The van der Waals surface area contributed by atoms with E-state index in [1.807, 2.05) is 11.3 Å². The number of thiazole rings is 1. The fourth-order valence-corrected chi connectivity index (χ4v) is 4.48. The van der Waals surface area contributed by atoms with Crippen molar-refractivity contribution in [3.8, 4) is 0 Å². The molecule has 1 saturated carbocycles. The number of aromatic nitrogens is 1. The van der Waals surface area contributed by atoms with Crippen molar-refractivity contribution in [1.29, 1.82) is 0 Å². The van der Waals surface area contributed by atoms with Gasteiger partial charge >= 0.3 is 0 Å². The molecule has 0 saturated heterocycles. The van der Waals surface area contributed by atoms with Crippen molar-refractivity contribution in [3.05, 3.63) is 29.3 Å². The minimum Gasteiger partial charge on any atom is -0.241 e. The van der Waals surface area contributed by atoms with E-state index in [1.165, 1.54) is 41.8 Å². The van der Waals surface area contributed by atoms with E-state index in [0.29, 0.717) is 5.41 Å². The predicted molar refractivity (Wildman–Crippen MR) is 79.6 cm³/mol. The molecule has 1 aromatic heterocycles. The number of rotatable bonds is 3. The minimum absolute atomic E-state index is 0.313. The van der Waals surface area contributed by atoms with Gasteiger partial charge in [0.1, 0.15) is 0 Å². The number of para-hydroxylation sites is 1. The molecule has 0 atom stereocenters. The summed E-state index contributed by atoms with van der Waals surface area (Å²) in [4.78, 5) is 4.76. The number of nitrogens with zero attached hydrogens (tertiary/aromatic N) is 1. The third kappa shape index (κ3) is 2.41. The molecule has 0 aliphatic heterocycles. The summed E-state index contributed by atoms with van der Waals surface area (Å²) in [5.41, 5.74) is 1.45. The SMILES string of the molecule is ClCC1(Cc2nc3ccccc3s2)CCCCC1. The van der Waals surface area contributed by atoms with Crippen molar-refractivity contribution in [1.82, 2.24) is 4.98 Å². The van der Waals surface area contributed by atoms with Crippen molar-refractivity contribution < 1.29 is 0 Å². The van der Waals surface area contributed by atoms with Crippen LogP contribution in [-0.2, 0) is 6.42 Å². The molecule has 0 amide bonds. The second kappa shape index (κ2) is 5.18. The summed E-state index contributed by atoms with van der Waals surface area (Å²) in [5, 5.41) is 1.26. The second-order valence-corrected chi connectivity index (χ2v) is 6.83. The molecule has 1 heterocycles. The van der Waals surface area contributed by atoms with Crippen LogP contribution in [0.4, 0.5) is 0 Å². The average molecular weight is 280 g/mol. The summed E-state index contributed by atoms with van der Waals surface area (Å²) in [7, 11) is 0. The summed E-state index contributed by atoms with van der Waals surface area (Å²) in [5.74, 6) is 0.781. The molecule has 1 fully saturated rings. The first-order valence-corrected chi connectivity index (χ1v) is 8.07. The highest BCUT2D eigenvalue weighted by molar-refractivity contribution is 7.18. The van der Waals surface area contributed by atoms with Crippen LogP contribution in [-0.4, -0.2) is 10.9 Å². The highest BCUT2D eigenvalue weighted by Gasteiger charge is 2.32. The molecular formula is C15H18ClNS. The van der Waals surface area contributed by atoms with Gasteiger partial charge in [0.25, 0.3) is 0 Å². The van der Waals surface area contributed by atoms with Crippen LogP contribution in [0, 0.1) is 5.41 Å². The van der Waals surface area contributed by atoms with Gasteiger partial charge in [-0.1, -0.05) is 31.4 Å². The molecule has 1 nitrogen and oxygen atoms in total. The predicted octanol–water partition coefficient (Wildman–Crippen LogP) is 5.03. The third-order valence-electron chi connectivity index (χ3n) is 4.06. The Morgan fingerprint density at radius 2 is 1.94 bits per heavy atom. The molecular weight excluding hydrogens is 262 g/mol. The van der Waals surface area contributed by atoms with E-state index in [2.05, 4.69) is 24.3 Å². The smallest absolute Gasteiger partial charge is 0.0944 e. The fraction of sp³-hybridized carbons (Fsp3) is 0.533. The van der Waals surface area contributed by atoms with Gasteiger partial charge < -0.3 is 0 Å². The summed E-state index contributed by atoms with van der Waals surface area (Å²) in [6.07, 6.45) is 7.64. The first-order chi connectivity index (χ1) is 8.81. The van der Waals surface area contributed by atoms with E-state index >= 15 is 0 Å². The normalized spacial score (nSPS) is 19.2. The zero-order valence-electron chi connectivity index (χ0n) is 10.5. The zero-order valence-corrected chi connectivity index (χ0v) is 12.1. The van der Waals surface area contributed by atoms with E-state index < -0.39 is 0 Å². The lowest BCUT2D eigenvalue weighted by Crippen LogP contribution is -2.28.